The van der Waals surface area contributed by atoms with Gasteiger partial charge in [0.25, 0.3) is 0 Å². The van der Waals surface area contributed by atoms with E-state index in [1.165, 1.54) is 9.13 Å². The highest BCUT2D eigenvalue weighted by atomic mass is 16.6. The number of nitrogens with zero attached hydrogens (tertiary/aromatic N) is 2. The van der Waals surface area contributed by atoms with Gasteiger partial charge in [-0.3, -0.25) is 18.7 Å². The fraction of sp³-hybridized carbons (Fsp3) is 0.432. The molecule has 2 atom stereocenters. The first kappa shape index (κ1) is 37.5. The third-order valence-electron chi connectivity index (χ3n) is 7.21. The predicted octanol–water partition coefficient (Wildman–Crippen LogP) is 6.03. The maximum absolute atomic E-state index is 14.0. The Hall–Kier alpha value is -5.33. The molecule has 2 heterocycles. The molecule has 50 heavy (non-hydrogen) atoms. The van der Waals surface area contributed by atoms with Crippen LogP contribution in [0.1, 0.15) is 73.4 Å². The van der Waals surface area contributed by atoms with Crippen molar-refractivity contribution >= 4 is 52.4 Å². The van der Waals surface area contributed by atoms with Crippen LogP contribution in [0.5, 0.6) is 0 Å². The van der Waals surface area contributed by atoms with Crippen molar-refractivity contribution in [2.75, 3.05) is 0 Å². The SMILES string of the molecule is CC(C)(C)OC(=O)N[C@H](Cc1cn(C(=O)OC(C)(C)C)c2ccccc12)C(=O)N[C@H](Cc1cn(C(=O)OC(C)(C)C)c2ccccc12)NC=O. The van der Waals surface area contributed by atoms with Crippen LogP contribution in [0.3, 0.4) is 0 Å². The molecule has 0 aliphatic carbocycles. The van der Waals surface area contributed by atoms with E-state index in [4.69, 9.17) is 14.2 Å². The molecular weight excluding hydrogens is 642 g/mol. The van der Waals surface area contributed by atoms with E-state index in [9.17, 15) is 24.0 Å². The quantitative estimate of drug-likeness (QED) is 0.109. The van der Waals surface area contributed by atoms with Crippen molar-refractivity contribution in [2.24, 2.45) is 0 Å². The normalized spacial score (nSPS) is 13.3. The number of carbonyl (C=O) groups is 5. The van der Waals surface area contributed by atoms with Gasteiger partial charge < -0.3 is 30.2 Å². The molecule has 0 radical (unpaired) electrons. The van der Waals surface area contributed by atoms with Gasteiger partial charge in [-0.1, -0.05) is 36.4 Å². The summed E-state index contributed by atoms with van der Waals surface area (Å²) in [4.78, 5) is 65.0. The number of hydrogen-bond acceptors (Lipinski definition) is 8. The minimum atomic E-state index is -1.19. The van der Waals surface area contributed by atoms with Gasteiger partial charge in [0.2, 0.25) is 12.3 Å². The Morgan fingerprint density at radius 2 is 1.10 bits per heavy atom. The highest BCUT2D eigenvalue weighted by molar-refractivity contribution is 5.94. The number of alkyl carbamates (subject to hydrolysis) is 1. The zero-order valence-corrected chi connectivity index (χ0v) is 30.1. The zero-order valence-electron chi connectivity index (χ0n) is 30.1. The van der Waals surface area contributed by atoms with Crippen molar-refractivity contribution in [2.45, 2.75) is 104 Å². The van der Waals surface area contributed by atoms with Gasteiger partial charge in [-0.05, 0) is 85.6 Å². The third-order valence-corrected chi connectivity index (χ3v) is 7.21. The molecule has 268 valence electrons. The molecule has 0 aliphatic rings. The van der Waals surface area contributed by atoms with E-state index in [2.05, 4.69) is 16.0 Å². The summed E-state index contributed by atoms with van der Waals surface area (Å²) < 4.78 is 19.4. The van der Waals surface area contributed by atoms with Crippen molar-refractivity contribution in [1.29, 1.82) is 0 Å². The standard InChI is InChI=1S/C37H47N5O8/c1-35(2,3)48-32(45)39-27(18-23-20-41(33(46)49-36(4,5)6)28-16-12-10-14-25(23)28)31(44)40-30(38-22-43)19-24-21-42(34(47)50-37(7,8)9)29-17-13-11-15-26(24)29/h10-17,20-22,27,30H,18-19H2,1-9H3,(H,38,43)(H,39,45)(H,40,44)/t27-,30-/m1/s1. The summed E-state index contributed by atoms with van der Waals surface area (Å²) in [6.07, 6.45) is 0.790. The Balaban J connectivity index is 1.66. The highest BCUT2D eigenvalue weighted by Gasteiger charge is 2.30. The lowest BCUT2D eigenvalue weighted by Crippen LogP contribution is -2.55. The van der Waals surface area contributed by atoms with Crippen LogP contribution in [0, 0.1) is 0 Å². The molecule has 3 N–H and O–H groups in total. The van der Waals surface area contributed by atoms with Crippen molar-refractivity contribution in [1.82, 2.24) is 25.1 Å². The lowest BCUT2D eigenvalue weighted by Gasteiger charge is -2.25. The second kappa shape index (κ2) is 14.7. The summed E-state index contributed by atoms with van der Waals surface area (Å²) in [7, 11) is 0. The first-order chi connectivity index (χ1) is 23.2. The number of amides is 3. The maximum atomic E-state index is 14.0. The van der Waals surface area contributed by atoms with Gasteiger partial charge in [0.05, 0.1) is 11.0 Å². The molecule has 13 nitrogen and oxygen atoms in total. The Morgan fingerprint density at radius 3 is 1.54 bits per heavy atom. The van der Waals surface area contributed by atoms with E-state index in [1.54, 1.807) is 105 Å². The summed E-state index contributed by atoms with van der Waals surface area (Å²) in [5.74, 6) is -0.625. The zero-order chi connectivity index (χ0) is 37.0. The topological polar surface area (TPSA) is 159 Å². The van der Waals surface area contributed by atoms with Gasteiger partial charge in [0.15, 0.2) is 0 Å². The highest BCUT2D eigenvalue weighted by Crippen LogP contribution is 2.26. The number of hydrogen-bond donors (Lipinski definition) is 3. The van der Waals surface area contributed by atoms with Gasteiger partial charge in [0.1, 0.15) is 29.0 Å². The number of carbonyl (C=O) groups excluding carboxylic acids is 5. The van der Waals surface area contributed by atoms with Gasteiger partial charge in [-0.25, -0.2) is 14.4 Å². The Kier molecular flexibility index (Phi) is 11.0. The number of aromatic nitrogens is 2. The smallest absolute Gasteiger partial charge is 0.419 e. The Morgan fingerprint density at radius 1 is 0.660 bits per heavy atom. The lowest BCUT2D eigenvalue weighted by molar-refractivity contribution is -0.124. The predicted molar refractivity (Wildman–Crippen MR) is 189 cm³/mol. The minimum Gasteiger partial charge on any atom is -0.444 e. The molecule has 2 aromatic heterocycles. The van der Waals surface area contributed by atoms with Crippen LogP contribution in [0.25, 0.3) is 21.8 Å². The molecule has 0 saturated heterocycles. The maximum Gasteiger partial charge on any atom is 0.419 e. The summed E-state index contributed by atoms with van der Waals surface area (Å²) >= 11 is 0. The number of para-hydroxylation sites is 2. The summed E-state index contributed by atoms with van der Waals surface area (Å²) in [6, 6.07) is 13.2. The second-order valence-corrected chi connectivity index (χ2v) is 15.0. The molecule has 4 aromatic rings. The van der Waals surface area contributed by atoms with Crippen LogP contribution in [0.4, 0.5) is 14.4 Å². The Labute approximate surface area is 291 Å². The fourth-order valence-corrected chi connectivity index (χ4v) is 5.35. The molecule has 3 amide bonds. The number of nitrogens with one attached hydrogen (secondary N) is 3. The van der Waals surface area contributed by atoms with Crippen molar-refractivity contribution in [3.8, 4) is 0 Å². The molecular formula is C37H47N5O8. The van der Waals surface area contributed by atoms with Crippen LogP contribution >= 0.6 is 0 Å². The molecule has 0 aliphatic heterocycles. The molecule has 0 spiro atoms. The second-order valence-electron chi connectivity index (χ2n) is 15.0. The first-order valence-corrected chi connectivity index (χ1v) is 16.4. The Bertz CT molecular complexity index is 1890. The average molecular weight is 690 g/mol. The lowest BCUT2D eigenvalue weighted by atomic mass is 10.0. The van der Waals surface area contributed by atoms with Crippen LogP contribution in [-0.4, -0.2) is 68.7 Å². The van der Waals surface area contributed by atoms with E-state index in [0.29, 0.717) is 34.0 Å². The van der Waals surface area contributed by atoms with Gasteiger partial charge in [-0.2, -0.15) is 0 Å². The van der Waals surface area contributed by atoms with Crippen LogP contribution in [0.2, 0.25) is 0 Å². The van der Waals surface area contributed by atoms with E-state index in [0.717, 1.165) is 5.39 Å². The average Bonchev–Trinajstić information content (AvgIpc) is 3.53. The van der Waals surface area contributed by atoms with Crippen molar-refractivity contribution < 1.29 is 38.2 Å². The molecule has 13 heteroatoms. The van der Waals surface area contributed by atoms with E-state index < -0.39 is 53.2 Å². The molecule has 2 aromatic carbocycles. The number of benzene rings is 2. The molecule has 0 bridgehead atoms. The summed E-state index contributed by atoms with van der Waals surface area (Å²) in [5, 5.41) is 9.54. The van der Waals surface area contributed by atoms with Crippen LogP contribution in [-0.2, 0) is 36.6 Å². The monoisotopic (exact) mass is 689 g/mol. The third kappa shape index (κ3) is 9.86. The largest absolute Gasteiger partial charge is 0.444 e. The van der Waals surface area contributed by atoms with E-state index in [-0.39, 0.29) is 12.8 Å². The van der Waals surface area contributed by atoms with Gasteiger partial charge >= 0.3 is 18.3 Å². The van der Waals surface area contributed by atoms with Crippen LogP contribution < -0.4 is 16.0 Å². The number of ether oxygens (including phenoxy) is 3. The molecule has 0 saturated carbocycles. The van der Waals surface area contributed by atoms with E-state index >= 15 is 0 Å². The molecule has 0 fully saturated rings. The van der Waals surface area contributed by atoms with Crippen LogP contribution in [0.15, 0.2) is 60.9 Å². The number of rotatable bonds is 9. The molecule has 4 rings (SSSR count). The van der Waals surface area contributed by atoms with Gasteiger partial charge in [0, 0.05) is 36.0 Å². The summed E-state index contributed by atoms with van der Waals surface area (Å²) in [6.45, 7) is 15.7. The van der Waals surface area contributed by atoms with Crippen molar-refractivity contribution in [3.63, 3.8) is 0 Å². The van der Waals surface area contributed by atoms with Crippen molar-refractivity contribution in [3.05, 3.63) is 72.1 Å². The summed E-state index contributed by atoms with van der Waals surface area (Å²) in [5.41, 5.74) is 0.0818. The molecule has 0 unspecified atom stereocenters. The minimum absolute atomic E-state index is 0.0346. The number of fused-ring (bicyclic) bond motifs is 2. The fourth-order valence-electron chi connectivity index (χ4n) is 5.35. The van der Waals surface area contributed by atoms with Gasteiger partial charge in [-0.15, -0.1) is 0 Å². The van der Waals surface area contributed by atoms with E-state index in [1.807, 2.05) is 18.2 Å². The first-order valence-electron chi connectivity index (χ1n) is 16.4.